The summed E-state index contributed by atoms with van der Waals surface area (Å²) < 4.78 is 5.39. The van der Waals surface area contributed by atoms with Gasteiger partial charge >= 0.3 is 0 Å². The van der Waals surface area contributed by atoms with Crippen LogP contribution in [-0.4, -0.2) is 23.3 Å². The molecule has 0 spiro atoms. The molecule has 0 aliphatic heterocycles. The first-order valence-corrected chi connectivity index (χ1v) is 11.0. The molecule has 4 rings (SSSR count). The minimum atomic E-state index is 0.344. The molecule has 1 N–H and O–H groups in total. The first kappa shape index (κ1) is 19.8. The van der Waals surface area contributed by atoms with Gasteiger partial charge in [-0.2, -0.15) is 5.10 Å². The second-order valence-corrected chi connectivity index (χ2v) is 9.38. The van der Waals surface area contributed by atoms with E-state index in [0.29, 0.717) is 11.3 Å². The van der Waals surface area contributed by atoms with Crippen molar-refractivity contribution in [1.29, 1.82) is 0 Å². The van der Waals surface area contributed by atoms with E-state index in [1.54, 1.807) is 19.7 Å². The summed E-state index contributed by atoms with van der Waals surface area (Å²) in [6.45, 7) is 7.08. The van der Waals surface area contributed by atoms with Gasteiger partial charge in [0.1, 0.15) is 16.9 Å². The van der Waals surface area contributed by atoms with E-state index in [1.807, 2.05) is 35.6 Å². The first-order chi connectivity index (χ1) is 14.0. The van der Waals surface area contributed by atoms with Gasteiger partial charge in [-0.1, -0.05) is 39.3 Å². The summed E-state index contributed by atoms with van der Waals surface area (Å²) >= 11 is 1.81. The molecule has 2 aromatic heterocycles. The molecule has 29 heavy (non-hydrogen) atoms. The summed E-state index contributed by atoms with van der Waals surface area (Å²) in [6, 6.07) is 7.82. The maximum atomic E-state index is 5.39. The molecule has 6 heteroatoms. The number of benzene rings is 1. The summed E-state index contributed by atoms with van der Waals surface area (Å²) in [4.78, 5) is 11.6. The Labute approximate surface area is 176 Å². The predicted molar refractivity (Wildman–Crippen MR) is 121 cm³/mol. The Kier molecular flexibility index (Phi) is 5.54. The molecule has 1 atom stereocenters. The molecule has 0 saturated heterocycles. The Balaban J connectivity index is 1.65. The monoisotopic (exact) mass is 408 g/mol. The van der Waals surface area contributed by atoms with Crippen LogP contribution in [0.4, 0.5) is 5.82 Å². The van der Waals surface area contributed by atoms with E-state index in [9.17, 15) is 0 Å². The van der Waals surface area contributed by atoms with Crippen LogP contribution in [-0.2, 0) is 12.8 Å². The maximum absolute atomic E-state index is 5.39. The highest BCUT2D eigenvalue weighted by Crippen LogP contribution is 2.45. The van der Waals surface area contributed by atoms with Crippen LogP contribution in [0.2, 0.25) is 0 Å². The highest BCUT2D eigenvalue weighted by molar-refractivity contribution is 7.19. The molecule has 1 aliphatic rings. The van der Waals surface area contributed by atoms with E-state index in [-0.39, 0.29) is 0 Å². The normalized spacial score (nSPS) is 16.9. The lowest BCUT2D eigenvalue weighted by Crippen LogP contribution is -2.28. The summed E-state index contributed by atoms with van der Waals surface area (Å²) in [7, 11) is 1.67. The molecule has 1 aromatic carbocycles. The van der Waals surface area contributed by atoms with Crippen LogP contribution < -0.4 is 10.2 Å². The predicted octanol–water partition coefficient (Wildman–Crippen LogP) is 5.69. The lowest BCUT2D eigenvalue weighted by Gasteiger charge is -2.36. The van der Waals surface area contributed by atoms with Crippen LogP contribution >= 0.6 is 11.3 Å². The fourth-order valence-corrected chi connectivity index (χ4v) is 5.27. The Bertz CT molecular complexity index is 1040. The lowest BCUT2D eigenvalue weighted by molar-refractivity contribution is 0.184. The third-order valence-electron chi connectivity index (χ3n) is 6.37. The fourth-order valence-electron chi connectivity index (χ4n) is 4.08. The Morgan fingerprint density at radius 1 is 1.31 bits per heavy atom. The SMILES string of the molecule is CCC(C)(C)[C@@H]1CCc2sc3ncnc(N/N=C/c4ccccc4OC)c3c2C1. The zero-order valence-corrected chi connectivity index (χ0v) is 18.3. The summed E-state index contributed by atoms with van der Waals surface area (Å²) in [5, 5.41) is 5.58. The van der Waals surface area contributed by atoms with E-state index in [1.165, 1.54) is 23.3 Å². The molecule has 0 bridgehead atoms. The number of methoxy groups -OCH3 is 1. The van der Waals surface area contributed by atoms with Gasteiger partial charge in [-0.05, 0) is 48.3 Å². The summed E-state index contributed by atoms with van der Waals surface area (Å²) in [6.07, 6.45) is 8.07. The second-order valence-electron chi connectivity index (χ2n) is 8.30. The number of aromatic nitrogens is 2. The number of anilines is 1. The van der Waals surface area contributed by atoms with Crippen molar-refractivity contribution in [1.82, 2.24) is 9.97 Å². The van der Waals surface area contributed by atoms with Crippen LogP contribution in [0.25, 0.3) is 10.2 Å². The molecule has 2 heterocycles. The standard InChI is InChI=1S/C23H28N4OS/c1-5-23(2,3)16-10-11-19-17(12-16)20-21(24-14-25-22(20)29-19)27-26-13-15-8-6-7-9-18(15)28-4/h6-9,13-14,16H,5,10-12H2,1-4H3,(H,24,25,27)/b26-13+/t16-/m1/s1. The zero-order chi connectivity index (χ0) is 20.4. The van der Waals surface area contributed by atoms with Gasteiger partial charge in [-0.3, -0.25) is 5.43 Å². The van der Waals surface area contributed by atoms with Gasteiger partial charge in [0.05, 0.1) is 18.7 Å². The van der Waals surface area contributed by atoms with E-state index in [2.05, 4.69) is 41.3 Å². The first-order valence-electron chi connectivity index (χ1n) is 10.2. The third-order valence-corrected chi connectivity index (χ3v) is 7.57. The zero-order valence-electron chi connectivity index (χ0n) is 17.5. The topological polar surface area (TPSA) is 59.4 Å². The van der Waals surface area contributed by atoms with Gasteiger partial charge in [-0.15, -0.1) is 11.3 Å². The van der Waals surface area contributed by atoms with Gasteiger partial charge in [0.15, 0.2) is 5.82 Å². The van der Waals surface area contributed by atoms with Gasteiger partial charge in [0, 0.05) is 10.4 Å². The maximum Gasteiger partial charge on any atom is 0.158 e. The minimum absolute atomic E-state index is 0.344. The van der Waals surface area contributed by atoms with Crippen LogP contribution in [0.3, 0.4) is 0 Å². The van der Waals surface area contributed by atoms with E-state index in [0.717, 1.165) is 40.2 Å². The van der Waals surface area contributed by atoms with Crippen molar-refractivity contribution in [2.45, 2.75) is 46.5 Å². The fraction of sp³-hybridized carbons (Fsp3) is 0.435. The van der Waals surface area contributed by atoms with Gasteiger partial charge in [-0.25, -0.2) is 9.97 Å². The van der Waals surface area contributed by atoms with Gasteiger partial charge < -0.3 is 4.74 Å². The largest absolute Gasteiger partial charge is 0.496 e. The van der Waals surface area contributed by atoms with Crippen molar-refractivity contribution >= 4 is 33.6 Å². The Morgan fingerprint density at radius 2 is 2.14 bits per heavy atom. The molecule has 0 radical (unpaired) electrons. The Morgan fingerprint density at radius 3 is 2.93 bits per heavy atom. The quantitative estimate of drug-likeness (QED) is 0.421. The molecular formula is C23H28N4OS. The van der Waals surface area contributed by atoms with Crippen molar-refractivity contribution in [3.05, 3.63) is 46.6 Å². The van der Waals surface area contributed by atoms with E-state index < -0.39 is 0 Å². The number of hydrogen-bond acceptors (Lipinski definition) is 6. The number of rotatable bonds is 6. The van der Waals surface area contributed by atoms with Crippen LogP contribution in [0, 0.1) is 11.3 Å². The van der Waals surface area contributed by atoms with Gasteiger partial charge in [0.2, 0.25) is 0 Å². The number of hydrazone groups is 1. The summed E-state index contributed by atoms with van der Waals surface area (Å²) in [5.41, 5.74) is 5.84. The van der Waals surface area contributed by atoms with Crippen LogP contribution in [0.1, 0.15) is 49.6 Å². The molecule has 0 amide bonds. The average Bonchev–Trinajstić information content (AvgIpc) is 3.12. The number of aryl methyl sites for hydroxylation is 1. The highest BCUT2D eigenvalue weighted by Gasteiger charge is 2.33. The molecule has 5 nitrogen and oxygen atoms in total. The number of para-hydroxylation sites is 1. The van der Waals surface area contributed by atoms with E-state index >= 15 is 0 Å². The second kappa shape index (κ2) is 8.11. The Hall–Kier alpha value is -2.47. The average molecular weight is 409 g/mol. The van der Waals surface area contributed by atoms with E-state index in [4.69, 9.17) is 4.74 Å². The van der Waals surface area contributed by atoms with Crippen molar-refractivity contribution in [2.24, 2.45) is 16.4 Å². The highest BCUT2D eigenvalue weighted by atomic mass is 32.1. The number of nitrogens with one attached hydrogen (secondary N) is 1. The molecule has 0 fully saturated rings. The number of thiophene rings is 1. The minimum Gasteiger partial charge on any atom is -0.496 e. The van der Waals surface area contributed by atoms with Crippen molar-refractivity contribution in [3.8, 4) is 5.75 Å². The van der Waals surface area contributed by atoms with Gasteiger partial charge in [0.25, 0.3) is 0 Å². The van der Waals surface area contributed by atoms with Crippen LogP contribution in [0.5, 0.6) is 5.75 Å². The smallest absolute Gasteiger partial charge is 0.158 e. The molecular weight excluding hydrogens is 380 g/mol. The lowest BCUT2D eigenvalue weighted by atomic mass is 9.69. The number of nitrogens with zero attached hydrogens (tertiary/aromatic N) is 3. The third kappa shape index (κ3) is 3.86. The molecule has 3 aromatic rings. The molecule has 0 unspecified atom stereocenters. The molecule has 0 saturated carbocycles. The number of ether oxygens (including phenoxy) is 1. The molecule has 152 valence electrons. The number of fused-ring (bicyclic) bond motifs is 3. The van der Waals surface area contributed by atoms with Crippen LogP contribution in [0.15, 0.2) is 35.7 Å². The molecule has 1 aliphatic carbocycles. The van der Waals surface area contributed by atoms with Crippen molar-refractivity contribution in [3.63, 3.8) is 0 Å². The van der Waals surface area contributed by atoms with Crippen molar-refractivity contribution < 1.29 is 4.74 Å². The number of hydrogen-bond donors (Lipinski definition) is 1. The summed E-state index contributed by atoms with van der Waals surface area (Å²) in [5.74, 6) is 2.26. The van der Waals surface area contributed by atoms with Crippen molar-refractivity contribution in [2.75, 3.05) is 12.5 Å².